The number of ether oxygens (including phenoxy) is 1. The van der Waals surface area contributed by atoms with Crippen LogP contribution in [0.5, 0.6) is 0 Å². The Labute approximate surface area is 167 Å². The van der Waals surface area contributed by atoms with Crippen molar-refractivity contribution in [3.8, 4) is 0 Å². The second-order valence-electron chi connectivity index (χ2n) is 7.99. The number of aryl methyl sites for hydroxylation is 1. The molecule has 6 nitrogen and oxygen atoms in total. The van der Waals surface area contributed by atoms with Gasteiger partial charge in [-0.05, 0) is 38.8 Å². The Morgan fingerprint density at radius 1 is 1.29 bits per heavy atom. The minimum atomic E-state index is -0.188. The maximum absolute atomic E-state index is 13.5. The first kappa shape index (κ1) is 19.0. The fourth-order valence-electron chi connectivity index (χ4n) is 4.39. The summed E-state index contributed by atoms with van der Waals surface area (Å²) in [6.45, 7) is 10.2. The highest BCUT2D eigenvalue weighted by Crippen LogP contribution is 2.37. The third-order valence-corrected chi connectivity index (χ3v) is 5.92. The summed E-state index contributed by atoms with van der Waals surface area (Å²) < 4.78 is 7.86. The monoisotopic (exact) mass is 382 g/mol. The molecule has 0 N–H and O–H groups in total. The number of carbonyl (C=O) groups is 1. The van der Waals surface area contributed by atoms with Crippen LogP contribution >= 0.6 is 0 Å². The normalized spacial score (nSPS) is 22.4. The van der Waals surface area contributed by atoms with E-state index < -0.39 is 0 Å². The molecule has 4 rings (SSSR count). The Hall–Kier alpha value is -2.34. The van der Waals surface area contributed by atoms with Gasteiger partial charge in [-0.15, -0.1) is 0 Å². The van der Waals surface area contributed by atoms with Crippen molar-refractivity contribution in [2.24, 2.45) is 5.92 Å². The molecule has 1 saturated heterocycles. The zero-order valence-electron chi connectivity index (χ0n) is 17.0. The van der Waals surface area contributed by atoms with Crippen molar-refractivity contribution in [2.75, 3.05) is 24.6 Å². The Morgan fingerprint density at radius 2 is 2.11 bits per heavy atom. The highest BCUT2D eigenvalue weighted by molar-refractivity contribution is 5.80. The summed E-state index contributed by atoms with van der Waals surface area (Å²) in [6.07, 6.45) is 4.44. The number of anilines is 1. The summed E-state index contributed by atoms with van der Waals surface area (Å²) in [6, 6.07) is 8.86. The third kappa shape index (κ3) is 3.53. The van der Waals surface area contributed by atoms with Gasteiger partial charge in [-0.3, -0.25) is 9.48 Å². The van der Waals surface area contributed by atoms with Gasteiger partial charge >= 0.3 is 0 Å². The highest BCUT2D eigenvalue weighted by atomic mass is 16.5. The van der Waals surface area contributed by atoms with Gasteiger partial charge in [0, 0.05) is 56.3 Å². The molecule has 0 saturated carbocycles. The van der Waals surface area contributed by atoms with Crippen molar-refractivity contribution in [1.82, 2.24) is 14.7 Å². The van der Waals surface area contributed by atoms with Crippen LogP contribution in [0.4, 0.5) is 5.69 Å². The molecule has 0 aliphatic carbocycles. The van der Waals surface area contributed by atoms with Crippen LogP contribution in [-0.4, -0.2) is 46.3 Å². The molecule has 2 aliphatic heterocycles. The number of benzene rings is 1. The molecular weight excluding hydrogens is 352 g/mol. The van der Waals surface area contributed by atoms with Crippen molar-refractivity contribution < 1.29 is 9.53 Å². The maximum Gasteiger partial charge on any atom is 0.229 e. The van der Waals surface area contributed by atoms with Crippen LogP contribution in [-0.2, 0) is 22.6 Å². The number of hydrogen-bond acceptors (Lipinski definition) is 4. The predicted molar refractivity (Wildman–Crippen MR) is 109 cm³/mol. The Kier molecular flexibility index (Phi) is 5.40. The number of aromatic nitrogens is 2. The smallest absolute Gasteiger partial charge is 0.229 e. The molecule has 2 atom stereocenters. The summed E-state index contributed by atoms with van der Waals surface area (Å²) >= 11 is 0. The predicted octanol–water partition coefficient (Wildman–Crippen LogP) is 3.24. The van der Waals surface area contributed by atoms with Gasteiger partial charge in [0.05, 0.1) is 18.2 Å². The second-order valence-corrected chi connectivity index (χ2v) is 7.99. The fourth-order valence-corrected chi connectivity index (χ4v) is 4.39. The number of carbonyl (C=O) groups excluding carboxylic acids is 1. The first-order valence-electron chi connectivity index (χ1n) is 10.4. The number of amides is 1. The highest BCUT2D eigenvalue weighted by Gasteiger charge is 2.39. The number of para-hydroxylation sites is 1. The molecule has 0 spiro atoms. The topological polar surface area (TPSA) is 50.6 Å². The van der Waals surface area contributed by atoms with E-state index in [4.69, 9.17) is 4.74 Å². The third-order valence-electron chi connectivity index (χ3n) is 5.92. The van der Waals surface area contributed by atoms with Gasteiger partial charge in [0.15, 0.2) is 0 Å². The molecule has 3 heterocycles. The lowest BCUT2D eigenvalue weighted by molar-refractivity contribution is -0.137. The van der Waals surface area contributed by atoms with E-state index in [1.54, 1.807) is 0 Å². The van der Waals surface area contributed by atoms with Gasteiger partial charge in [-0.25, -0.2) is 0 Å². The molecular formula is C22H30N4O2. The van der Waals surface area contributed by atoms with E-state index in [9.17, 15) is 4.79 Å². The number of hydrogen-bond donors (Lipinski definition) is 0. The van der Waals surface area contributed by atoms with Crippen LogP contribution < -0.4 is 4.90 Å². The summed E-state index contributed by atoms with van der Waals surface area (Å²) in [5, 5.41) is 4.36. The Bertz CT molecular complexity index is 831. The largest absolute Gasteiger partial charge is 0.373 e. The maximum atomic E-state index is 13.5. The molecule has 0 unspecified atom stereocenters. The van der Waals surface area contributed by atoms with E-state index in [-0.39, 0.29) is 17.9 Å². The van der Waals surface area contributed by atoms with Gasteiger partial charge in [0.1, 0.15) is 0 Å². The standard InChI is InChI=1S/C22H30N4O2/c1-4-25-15-18(13-23-25)21-19(9-12-28-21)22(27)24-10-11-26(16(2)3)20-8-6-5-7-17(20)14-24/h5-8,13,15-16,19,21H,4,9-12,14H2,1-3H3/t19-,21+/m0/s1. The van der Waals surface area contributed by atoms with E-state index in [2.05, 4.69) is 55.0 Å². The van der Waals surface area contributed by atoms with Crippen LogP contribution in [0.1, 0.15) is 44.4 Å². The quantitative estimate of drug-likeness (QED) is 0.815. The lowest BCUT2D eigenvalue weighted by atomic mass is 9.95. The molecule has 1 aromatic carbocycles. The minimum absolute atomic E-state index is 0.132. The lowest BCUT2D eigenvalue weighted by Crippen LogP contribution is -2.41. The number of nitrogens with zero attached hydrogens (tertiary/aromatic N) is 4. The van der Waals surface area contributed by atoms with Crippen molar-refractivity contribution in [3.63, 3.8) is 0 Å². The molecule has 0 bridgehead atoms. The Morgan fingerprint density at radius 3 is 2.86 bits per heavy atom. The van der Waals surface area contributed by atoms with Crippen molar-refractivity contribution in [1.29, 1.82) is 0 Å². The average Bonchev–Trinajstić information content (AvgIpc) is 3.32. The molecule has 0 radical (unpaired) electrons. The SMILES string of the molecule is CCn1cc([C@H]2OCC[C@@H]2C(=O)N2CCN(C(C)C)c3ccccc3C2)cn1. The number of fused-ring (bicyclic) bond motifs is 1. The minimum Gasteiger partial charge on any atom is -0.373 e. The lowest BCUT2D eigenvalue weighted by Gasteiger charge is -2.29. The first-order valence-corrected chi connectivity index (χ1v) is 10.4. The van der Waals surface area contributed by atoms with Crippen LogP contribution in [0.15, 0.2) is 36.7 Å². The molecule has 28 heavy (non-hydrogen) atoms. The van der Waals surface area contributed by atoms with Crippen molar-refractivity contribution in [2.45, 2.75) is 52.4 Å². The summed E-state index contributed by atoms with van der Waals surface area (Å²) in [4.78, 5) is 17.9. The zero-order valence-corrected chi connectivity index (χ0v) is 17.0. The van der Waals surface area contributed by atoms with Crippen molar-refractivity contribution >= 4 is 11.6 Å². The molecule has 2 aliphatic rings. The van der Waals surface area contributed by atoms with Gasteiger partial charge in [0.25, 0.3) is 0 Å². The van der Waals surface area contributed by atoms with Gasteiger partial charge in [0.2, 0.25) is 5.91 Å². The first-order chi connectivity index (χ1) is 13.6. The van der Waals surface area contributed by atoms with Crippen LogP contribution in [0.3, 0.4) is 0 Å². The number of rotatable bonds is 4. The van der Waals surface area contributed by atoms with Crippen molar-refractivity contribution in [3.05, 3.63) is 47.8 Å². The van der Waals surface area contributed by atoms with Gasteiger partial charge in [-0.2, -0.15) is 5.10 Å². The fraction of sp³-hybridized carbons (Fsp3) is 0.545. The van der Waals surface area contributed by atoms with Crippen LogP contribution in [0, 0.1) is 5.92 Å². The summed E-state index contributed by atoms with van der Waals surface area (Å²) in [5.74, 6) is 0.0689. The van der Waals surface area contributed by atoms with E-state index in [1.165, 1.54) is 11.3 Å². The van der Waals surface area contributed by atoms with E-state index in [1.807, 2.05) is 22.0 Å². The van der Waals surface area contributed by atoms with Crippen LogP contribution in [0.2, 0.25) is 0 Å². The average molecular weight is 383 g/mol. The van der Waals surface area contributed by atoms with E-state index >= 15 is 0 Å². The Balaban J connectivity index is 1.56. The van der Waals surface area contributed by atoms with Crippen LogP contribution in [0.25, 0.3) is 0 Å². The van der Waals surface area contributed by atoms with Gasteiger partial charge < -0.3 is 14.5 Å². The molecule has 2 aromatic rings. The van der Waals surface area contributed by atoms with E-state index in [0.29, 0.717) is 19.2 Å². The van der Waals surface area contributed by atoms with E-state index in [0.717, 1.165) is 31.6 Å². The van der Waals surface area contributed by atoms with Gasteiger partial charge in [-0.1, -0.05) is 18.2 Å². The summed E-state index contributed by atoms with van der Waals surface area (Å²) in [7, 11) is 0. The molecule has 6 heteroatoms. The molecule has 1 fully saturated rings. The zero-order chi connectivity index (χ0) is 19.7. The second kappa shape index (κ2) is 7.95. The molecule has 1 amide bonds. The molecule has 150 valence electrons. The summed E-state index contributed by atoms with van der Waals surface area (Å²) in [5.41, 5.74) is 3.48. The molecule has 1 aromatic heterocycles.